The molecule has 3 rings (SSSR count). The summed E-state index contributed by atoms with van der Waals surface area (Å²) in [6.07, 6.45) is 1.24. The van der Waals surface area contributed by atoms with Gasteiger partial charge in [-0.3, -0.25) is 14.4 Å². The minimum absolute atomic E-state index is 0.0859. The predicted molar refractivity (Wildman–Crippen MR) is 111 cm³/mol. The number of benzene rings is 2. The maximum Gasteiger partial charge on any atom is 0.304 e. The van der Waals surface area contributed by atoms with Crippen molar-refractivity contribution in [3.8, 4) is 0 Å². The number of nitrogens with one attached hydrogen (secondary N) is 1. The van der Waals surface area contributed by atoms with Crippen LogP contribution in [0, 0.1) is 0 Å². The van der Waals surface area contributed by atoms with E-state index in [2.05, 4.69) is 5.32 Å². The number of rotatable bonds is 7. The molecule has 0 unspecified atom stereocenters. The van der Waals surface area contributed by atoms with E-state index in [1.807, 2.05) is 36.4 Å². The van der Waals surface area contributed by atoms with Gasteiger partial charge in [-0.25, -0.2) is 0 Å². The van der Waals surface area contributed by atoms with Crippen LogP contribution in [-0.4, -0.2) is 35.7 Å². The van der Waals surface area contributed by atoms with Crippen LogP contribution in [0.3, 0.4) is 0 Å². The van der Waals surface area contributed by atoms with Crippen molar-refractivity contribution in [2.24, 2.45) is 0 Å². The standard InChI is InChI=1S/C21H22N2O4S/c1-23-18-7-5-16(12-15(18)6-8-19(23)24)21(27)22-17-4-2-3-14(11-17)13-28-10-9-20(25)26/h2-5,7,11-12H,6,8-10,13H2,1H3,(H,22,27)(H,25,26). The van der Waals surface area contributed by atoms with Gasteiger partial charge in [0.2, 0.25) is 5.91 Å². The van der Waals surface area contributed by atoms with E-state index < -0.39 is 5.97 Å². The SMILES string of the molecule is CN1C(=O)CCc2cc(C(=O)Nc3cccc(CSCCC(=O)O)c3)ccc21. The van der Waals surface area contributed by atoms with Crippen LogP contribution in [0.5, 0.6) is 0 Å². The highest BCUT2D eigenvalue weighted by Gasteiger charge is 2.21. The van der Waals surface area contributed by atoms with Crippen molar-refractivity contribution in [2.45, 2.75) is 25.0 Å². The largest absolute Gasteiger partial charge is 0.481 e. The molecule has 0 spiro atoms. The van der Waals surface area contributed by atoms with Crippen molar-refractivity contribution >= 4 is 40.9 Å². The fourth-order valence-corrected chi connectivity index (χ4v) is 3.97. The Morgan fingerprint density at radius 3 is 2.79 bits per heavy atom. The molecule has 28 heavy (non-hydrogen) atoms. The topological polar surface area (TPSA) is 86.7 Å². The molecule has 0 bridgehead atoms. The monoisotopic (exact) mass is 398 g/mol. The van der Waals surface area contributed by atoms with Crippen molar-refractivity contribution in [2.75, 3.05) is 23.0 Å². The van der Waals surface area contributed by atoms with Gasteiger partial charge in [0.05, 0.1) is 6.42 Å². The summed E-state index contributed by atoms with van der Waals surface area (Å²) >= 11 is 1.55. The first-order valence-corrected chi connectivity index (χ1v) is 10.2. The van der Waals surface area contributed by atoms with Crippen LogP contribution in [0.2, 0.25) is 0 Å². The minimum atomic E-state index is -0.797. The Hall–Kier alpha value is -2.80. The molecule has 0 aliphatic carbocycles. The molecule has 1 heterocycles. The van der Waals surface area contributed by atoms with Crippen molar-refractivity contribution in [1.29, 1.82) is 0 Å². The number of aliphatic carboxylic acids is 1. The van der Waals surface area contributed by atoms with E-state index in [9.17, 15) is 14.4 Å². The molecule has 2 aromatic carbocycles. The van der Waals surface area contributed by atoms with E-state index in [4.69, 9.17) is 5.11 Å². The van der Waals surface area contributed by atoms with Gasteiger partial charge in [-0.1, -0.05) is 12.1 Å². The number of anilines is 2. The third-order valence-electron chi connectivity index (χ3n) is 4.60. The number of carbonyl (C=O) groups excluding carboxylic acids is 2. The second kappa shape index (κ2) is 8.93. The lowest BCUT2D eigenvalue weighted by molar-refractivity contribution is -0.136. The molecular formula is C21H22N2O4S. The van der Waals surface area contributed by atoms with Crippen LogP contribution in [-0.2, 0) is 21.8 Å². The molecule has 146 valence electrons. The van der Waals surface area contributed by atoms with Gasteiger partial charge < -0.3 is 15.3 Å². The first-order chi connectivity index (χ1) is 13.4. The van der Waals surface area contributed by atoms with Crippen LogP contribution in [0.15, 0.2) is 42.5 Å². The molecular weight excluding hydrogens is 376 g/mol. The lowest BCUT2D eigenvalue weighted by atomic mass is 9.99. The molecule has 0 saturated carbocycles. The lowest BCUT2D eigenvalue weighted by Crippen LogP contribution is -2.31. The Kier molecular flexibility index (Phi) is 6.36. The van der Waals surface area contributed by atoms with Crippen LogP contribution >= 0.6 is 11.8 Å². The molecule has 0 fully saturated rings. The second-order valence-corrected chi connectivity index (χ2v) is 7.75. The third-order valence-corrected chi connectivity index (χ3v) is 5.63. The van der Waals surface area contributed by atoms with Crippen molar-refractivity contribution in [1.82, 2.24) is 0 Å². The highest BCUT2D eigenvalue weighted by molar-refractivity contribution is 7.98. The Morgan fingerprint density at radius 1 is 1.18 bits per heavy atom. The average Bonchev–Trinajstić information content (AvgIpc) is 2.68. The number of carboxylic acids is 1. The second-order valence-electron chi connectivity index (χ2n) is 6.65. The van der Waals surface area contributed by atoms with E-state index in [1.165, 1.54) is 0 Å². The summed E-state index contributed by atoms with van der Waals surface area (Å²) in [5.41, 5.74) is 4.14. The molecule has 0 atom stereocenters. The highest BCUT2D eigenvalue weighted by atomic mass is 32.2. The Balaban J connectivity index is 1.64. The Labute approximate surface area is 167 Å². The molecule has 1 aliphatic heterocycles. The smallest absolute Gasteiger partial charge is 0.304 e. The number of aryl methyl sites for hydroxylation is 1. The quantitative estimate of drug-likeness (QED) is 0.697. The Morgan fingerprint density at radius 2 is 2.00 bits per heavy atom. The van der Waals surface area contributed by atoms with Gasteiger partial charge in [-0.2, -0.15) is 11.8 Å². The molecule has 0 aromatic heterocycles. The van der Waals surface area contributed by atoms with Crippen molar-refractivity contribution in [3.05, 3.63) is 59.2 Å². The van der Waals surface area contributed by atoms with Gasteiger partial charge in [-0.15, -0.1) is 0 Å². The summed E-state index contributed by atoms with van der Waals surface area (Å²) in [6, 6.07) is 12.9. The molecule has 6 nitrogen and oxygen atoms in total. The lowest BCUT2D eigenvalue weighted by Gasteiger charge is -2.26. The minimum Gasteiger partial charge on any atom is -0.481 e. The highest BCUT2D eigenvalue weighted by Crippen LogP contribution is 2.28. The summed E-state index contributed by atoms with van der Waals surface area (Å²) in [5, 5.41) is 11.6. The third kappa shape index (κ3) is 4.92. The van der Waals surface area contributed by atoms with Gasteiger partial charge in [0, 0.05) is 41.9 Å². The van der Waals surface area contributed by atoms with Gasteiger partial charge in [0.15, 0.2) is 0 Å². The predicted octanol–water partition coefficient (Wildman–Crippen LogP) is 3.56. The summed E-state index contributed by atoms with van der Waals surface area (Å²) in [6.45, 7) is 0. The maximum absolute atomic E-state index is 12.6. The van der Waals surface area contributed by atoms with Gasteiger partial charge >= 0.3 is 5.97 Å². The molecule has 1 aliphatic rings. The van der Waals surface area contributed by atoms with Gasteiger partial charge in [0.1, 0.15) is 0 Å². The number of fused-ring (bicyclic) bond motifs is 1. The van der Waals surface area contributed by atoms with E-state index >= 15 is 0 Å². The summed E-state index contributed by atoms with van der Waals surface area (Å²) < 4.78 is 0. The molecule has 2 N–H and O–H groups in total. The number of carbonyl (C=O) groups is 3. The van der Waals surface area contributed by atoms with E-state index in [0.717, 1.165) is 16.8 Å². The number of hydrogen-bond acceptors (Lipinski definition) is 4. The normalized spacial score (nSPS) is 13.2. The van der Waals surface area contributed by atoms with Gasteiger partial charge in [-0.05, 0) is 47.9 Å². The number of hydrogen-bond donors (Lipinski definition) is 2. The zero-order valence-electron chi connectivity index (χ0n) is 15.6. The number of carboxylic acid groups (broad SMARTS) is 1. The summed E-state index contributed by atoms with van der Waals surface area (Å²) in [7, 11) is 1.75. The summed E-state index contributed by atoms with van der Waals surface area (Å²) in [4.78, 5) is 36.6. The number of nitrogens with zero attached hydrogens (tertiary/aromatic N) is 1. The first kappa shape index (κ1) is 19.9. The average molecular weight is 398 g/mol. The van der Waals surface area contributed by atoms with E-state index in [-0.39, 0.29) is 18.2 Å². The molecule has 0 radical (unpaired) electrons. The number of amides is 2. The van der Waals surface area contributed by atoms with Crippen LogP contribution in [0.1, 0.15) is 34.3 Å². The maximum atomic E-state index is 12.6. The van der Waals surface area contributed by atoms with Crippen molar-refractivity contribution in [3.63, 3.8) is 0 Å². The fraction of sp³-hybridized carbons (Fsp3) is 0.286. The van der Waals surface area contributed by atoms with Gasteiger partial charge in [0.25, 0.3) is 5.91 Å². The number of thioether (sulfide) groups is 1. The zero-order valence-corrected chi connectivity index (χ0v) is 16.4. The van der Waals surface area contributed by atoms with Crippen LogP contribution < -0.4 is 10.2 Å². The fourth-order valence-electron chi connectivity index (χ4n) is 3.09. The first-order valence-electron chi connectivity index (χ1n) is 9.03. The molecule has 0 saturated heterocycles. The molecule has 7 heteroatoms. The zero-order chi connectivity index (χ0) is 20.1. The van der Waals surface area contributed by atoms with Crippen LogP contribution in [0.4, 0.5) is 11.4 Å². The molecule has 2 aromatic rings. The summed E-state index contributed by atoms with van der Waals surface area (Å²) in [5.74, 6) is 0.337. The van der Waals surface area contributed by atoms with E-state index in [1.54, 1.807) is 29.8 Å². The van der Waals surface area contributed by atoms with Crippen molar-refractivity contribution < 1.29 is 19.5 Å². The molecule has 2 amide bonds. The Bertz CT molecular complexity index is 913. The van der Waals surface area contributed by atoms with E-state index in [0.29, 0.717) is 35.6 Å². The van der Waals surface area contributed by atoms with Crippen LogP contribution in [0.25, 0.3) is 0 Å².